The van der Waals surface area contributed by atoms with Crippen molar-refractivity contribution in [1.82, 2.24) is 9.80 Å². The second kappa shape index (κ2) is 8.37. The van der Waals surface area contributed by atoms with Gasteiger partial charge in [-0.25, -0.2) is 0 Å². The molecule has 0 saturated carbocycles. The molecule has 0 aliphatic carbocycles. The zero-order valence-corrected chi connectivity index (χ0v) is 13.8. The summed E-state index contributed by atoms with van der Waals surface area (Å²) >= 11 is 0. The number of hydrogen-bond donors (Lipinski definition) is 1. The quantitative estimate of drug-likeness (QED) is 0.784. The van der Waals surface area contributed by atoms with Gasteiger partial charge in [0.15, 0.2) is 0 Å². The molecule has 122 valence electrons. The van der Waals surface area contributed by atoms with E-state index < -0.39 is 5.97 Å². The number of piperidine rings is 1. The molecule has 0 aromatic carbocycles. The number of carbonyl (C=O) groups is 2. The summed E-state index contributed by atoms with van der Waals surface area (Å²) in [5, 5.41) is 8.73. The minimum Gasteiger partial charge on any atom is -0.481 e. The van der Waals surface area contributed by atoms with Gasteiger partial charge in [0.25, 0.3) is 0 Å². The van der Waals surface area contributed by atoms with E-state index in [-0.39, 0.29) is 18.4 Å². The summed E-state index contributed by atoms with van der Waals surface area (Å²) in [5.74, 6) is -0.595. The van der Waals surface area contributed by atoms with Crippen LogP contribution in [0.4, 0.5) is 0 Å². The maximum atomic E-state index is 12.6. The lowest BCUT2D eigenvalue weighted by Crippen LogP contribution is -2.52. The molecular weight excluding hydrogens is 268 g/mol. The second-order valence-corrected chi connectivity index (χ2v) is 6.49. The molecule has 1 saturated heterocycles. The van der Waals surface area contributed by atoms with E-state index in [1.165, 1.54) is 6.42 Å². The van der Waals surface area contributed by atoms with Crippen LogP contribution < -0.4 is 0 Å². The summed E-state index contributed by atoms with van der Waals surface area (Å²) in [6.07, 6.45) is 4.10. The topological polar surface area (TPSA) is 60.9 Å². The molecule has 1 amide bonds. The molecular formula is C16H30N2O3. The van der Waals surface area contributed by atoms with Crippen molar-refractivity contribution in [3.8, 4) is 0 Å². The largest absolute Gasteiger partial charge is 0.481 e. The number of aliphatic carboxylic acids is 1. The van der Waals surface area contributed by atoms with E-state index in [2.05, 4.69) is 32.6 Å². The highest BCUT2D eigenvalue weighted by Crippen LogP contribution is 2.22. The molecule has 0 spiro atoms. The third-order valence-corrected chi connectivity index (χ3v) is 4.39. The summed E-state index contributed by atoms with van der Waals surface area (Å²) < 4.78 is 0. The molecule has 1 N–H and O–H groups in total. The Kier molecular flexibility index (Phi) is 7.15. The van der Waals surface area contributed by atoms with Gasteiger partial charge in [-0.2, -0.15) is 0 Å². The number of carboxylic acids is 1. The number of rotatable bonds is 7. The van der Waals surface area contributed by atoms with Crippen molar-refractivity contribution >= 4 is 11.9 Å². The third kappa shape index (κ3) is 5.65. The first-order chi connectivity index (χ1) is 9.82. The highest BCUT2D eigenvalue weighted by atomic mass is 16.4. The Morgan fingerprint density at radius 2 is 1.81 bits per heavy atom. The Hall–Kier alpha value is -1.10. The lowest BCUT2D eigenvalue weighted by Gasteiger charge is -2.40. The van der Waals surface area contributed by atoms with Crippen LogP contribution in [0.1, 0.15) is 59.8 Å². The van der Waals surface area contributed by atoms with Gasteiger partial charge in [0.2, 0.25) is 5.91 Å². The molecule has 1 rings (SSSR count). The Morgan fingerprint density at radius 1 is 1.24 bits per heavy atom. The maximum absolute atomic E-state index is 12.6. The van der Waals surface area contributed by atoms with E-state index in [4.69, 9.17) is 5.11 Å². The van der Waals surface area contributed by atoms with Crippen molar-refractivity contribution in [2.45, 2.75) is 77.9 Å². The maximum Gasteiger partial charge on any atom is 0.303 e. The fourth-order valence-electron chi connectivity index (χ4n) is 3.12. The fourth-order valence-corrected chi connectivity index (χ4v) is 3.12. The number of amides is 1. The number of nitrogens with zero attached hydrogens (tertiary/aromatic N) is 2. The smallest absolute Gasteiger partial charge is 0.303 e. The highest BCUT2D eigenvalue weighted by Gasteiger charge is 2.30. The standard InChI is InChI=1S/C16H30N2O3/c1-12(2)17(10-6-9-16(20)21)11-15(19)18-13(3)7-5-8-14(18)4/h12-14H,5-11H2,1-4H3,(H,20,21). The number of hydrogen-bond acceptors (Lipinski definition) is 3. The summed E-state index contributed by atoms with van der Waals surface area (Å²) in [6.45, 7) is 9.40. The Morgan fingerprint density at radius 3 is 2.29 bits per heavy atom. The van der Waals surface area contributed by atoms with Gasteiger partial charge in [-0.15, -0.1) is 0 Å². The second-order valence-electron chi connectivity index (χ2n) is 6.49. The molecule has 2 atom stereocenters. The molecule has 1 aliphatic rings. The van der Waals surface area contributed by atoms with Gasteiger partial charge in [-0.05, 0) is 59.9 Å². The predicted octanol–water partition coefficient (Wildman–Crippen LogP) is 2.35. The molecule has 1 fully saturated rings. The third-order valence-electron chi connectivity index (χ3n) is 4.39. The number of likely N-dealkylation sites (tertiary alicyclic amines) is 1. The Balaban J connectivity index is 2.56. The lowest BCUT2D eigenvalue weighted by atomic mass is 9.97. The normalized spacial score (nSPS) is 22.9. The SMILES string of the molecule is CC(C)N(CCCC(=O)O)CC(=O)N1C(C)CCCC1C. The van der Waals surface area contributed by atoms with Crippen LogP contribution in [-0.4, -0.2) is 58.0 Å². The van der Waals surface area contributed by atoms with Gasteiger partial charge >= 0.3 is 5.97 Å². The van der Waals surface area contributed by atoms with Crippen LogP contribution in [0.5, 0.6) is 0 Å². The van der Waals surface area contributed by atoms with E-state index in [1.807, 2.05) is 4.90 Å². The molecule has 0 bridgehead atoms. The Labute approximate surface area is 128 Å². The van der Waals surface area contributed by atoms with Crippen LogP contribution in [0, 0.1) is 0 Å². The van der Waals surface area contributed by atoms with Gasteiger partial charge in [-0.1, -0.05) is 0 Å². The minimum atomic E-state index is -0.775. The van der Waals surface area contributed by atoms with Crippen LogP contribution in [0.25, 0.3) is 0 Å². The van der Waals surface area contributed by atoms with Gasteiger partial charge < -0.3 is 10.0 Å². The van der Waals surface area contributed by atoms with Gasteiger partial charge in [0, 0.05) is 24.5 Å². The highest BCUT2D eigenvalue weighted by molar-refractivity contribution is 5.79. The van der Waals surface area contributed by atoms with Crippen molar-refractivity contribution in [2.24, 2.45) is 0 Å². The van der Waals surface area contributed by atoms with Crippen LogP contribution in [0.3, 0.4) is 0 Å². The number of carboxylic acid groups (broad SMARTS) is 1. The first-order valence-corrected chi connectivity index (χ1v) is 8.10. The molecule has 21 heavy (non-hydrogen) atoms. The molecule has 1 heterocycles. The average Bonchev–Trinajstić information content (AvgIpc) is 2.36. The molecule has 5 nitrogen and oxygen atoms in total. The summed E-state index contributed by atoms with van der Waals surface area (Å²) in [7, 11) is 0. The summed E-state index contributed by atoms with van der Waals surface area (Å²) in [5.41, 5.74) is 0. The van der Waals surface area contributed by atoms with E-state index in [9.17, 15) is 9.59 Å². The fraction of sp³-hybridized carbons (Fsp3) is 0.875. The molecule has 0 aromatic heterocycles. The van der Waals surface area contributed by atoms with Crippen molar-refractivity contribution in [1.29, 1.82) is 0 Å². The first kappa shape index (κ1) is 18.0. The summed E-state index contributed by atoms with van der Waals surface area (Å²) in [4.78, 5) is 27.3. The zero-order chi connectivity index (χ0) is 16.0. The van der Waals surface area contributed by atoms with Gasteiger partial charge in [0.1, 0.15) is 0 Å². The minimum absolute atomic E-state index is 0.161. The first-order valence-electron chi connectivity index (χ1n) is 8.10. The zero-order valence-electron chi connectivity index (χ0n) is 13.8. The molecule has 1 aliphatic heterocycles. The van der Waals surface area contributed by atoms with Crippen LogP contribution in [-0.2, 0) is 9.59 Å². The van der Waals surface area contributed by atoms with Crippen LogP contribution >= 0.6 is 0 Å². The van der Waals surface area contributed by atoms with Crippen molar-refractivity contribution < 1.29 is 14.7 Å². The molecule has 2 unspecified atom stereocenters. The average molecular weight is 298 g/mol. The van der Waals surface area contributed by atoms with E-state index in [1.54, 1.807) is 0 Å². The van der Waals surface area contributed by atoms with Crippen molar-refractivity contribution in [2.75, 3.05) is 13.1 Å². The van der Waals surface area contributed by atoms with Crippen LogP contribution in [0.2, 0.25) is 0 Å². The molecule has 0 aromatic rings. The van der Waals surface area contributed by atoms with Crippen molar-refractivity contribution in [3.05, 3.63) is 0 Å². The van der Waals surface area contributed by atoms with Gasteiger partial charge in [-0.3, -0.25) is 14.5 Å². The lowest BCUT2D eigenvalue weighted by molar-refractivity contribution is -0.139. The number of carbonyl (C=O) groups excluding carboxylic acids is 1. The van der Waals surface area contributed by atoms with E-state index in [0.29, 0.717) is 31.6 Å². The summed E-state index contributed by atoms with van der Waals surface area (Å²) in [6, 6.07) is 0.877. The Bertz CT molecular complexity index is 347. The predicted molar refractivity (Wildman–Crippen MR) is 83.2 cm³/mol. The monoisotopic (exact) mass is 298 g/mol. The van der Waals surface area contributed by atoms with Gasteiger partial charge in [0.05, 0.1) is 6.54 Å². The molecule has 5 heteroatoms. The van der Waals surface area contributed by atoms with E-state index >= 15 is 0 Å². The van der Waals surface area contributed by atoms with Crippen LogP contribution in [0.15, 0.2) is 0 Å². The van der Waals surface area contributed by atoms with Crippen molar-refractivity contribution in [3.63, 3.8) is 0 Å². The molecule has 0 radical (unpaired) electrons. The van der Waals surface area contributed by atoms with E-state index in [0.717, 1.165) is 12.8 Å².